The highest BCUT2D eigenvalue weighted by Gasteiger charge is 2.06. The second kappa shape index (κ2) is 4.19. The van der Waals surface area contributed by atoms with Gasteiger partial charge in [0.15, 0.2) is 0 Å². The van der Waals surface area contributed by atoms with Crippen LogP contribution in [0.5, 0.6) is 0 Å². The molecule has 0 radical (unpaired) electrons. The first kappa shape index (κ1) is 10.4. The molecule has 0 saturated carbocycles. The van der Waals surface area contributed by atoms with E-state index in [1.54, 1.807) is 11.9 Å². The molecule has 2 aromatic rings. The van der Waals surface area contributed by atoms with Crippen molar-refractivity contribution in [3.63, 3.8) is 0 Å². The van der Waals surface area contributed by atoms with Gasteiger partial charge in [-0.05, 0) is 29.0 Å². The first-order valence-corrected chi connectivity index (χ1v) is 5.11. The Labute approximate surface area is 94.8 Å². The Bertz CT molecular complexity index is 545. The number of nitrogens with zero attached hydrogens (tertiary/aromatic N) is 1. The molecule has 0 saturated heterocycles. The van der Waals surface area contributed by atoms with Gasteiger partial charge in [0.1, 0.15) is 0 Å². The summed E-state index contributed by atoms with van der Waals surface area (Å²) in [4.78, 5) is 13.0. The molecule has 80 valence electrons. The third-order valence-electron chi connectivity index (χ3n) is 2.63. The van der Waals surface area contributed by atoms with Gasteiger partial charge in [-0.15, -0.1) is 0 Å². The third-order valence-corrected chi connectivity index (χ3v) is 2.63. The monoisotopic (exact) mass is 211 g/mol. The van der Waals surface area contributed by atoms with Crippen molar-refractivity contribution in [2.24, 2.45) is 0 Å². The number of carbonyl (C=O) groups is 1. The Balaban J connectivity index is 2.46. The van der Waals surface area contributed by atoms with Crippen LogP contribution in [0.4, 0.5) is 5.69 Å². The molecule has 0 spiro atoms. The summed E-state index contributed by atoms with van der Waals surface area (Å²) < 4.78 is 0. The Morgan fingerprint density at radius 1 is 1.19 bits per heavy atom. The lowest BCUT2D eigenvalue weighted by molar-refractivity contribution is -0.113. The molecule has 2 rings (SSSR count). The second-order valence-electron chi connectivity index (χ2n) is 3.63. The average molecular weight is 211 g/mol. The standard InChI is InChI=1S/C14H13NO/c1-3-14(16)15(2)13-9-8-11-6-4-5-7-12(11)10-13/h3-10H,1H2,2H3. The average Bonchev–Trinajstić information content (AvgIpc) is 2.36. The van der Waals surface area contributed by atoms with Gasteiger partial charge in [0, 0.05) is 12.7 Å². The number of amides is 1. The van der Waals surface area contributed by atoms with Crippen LogP contribution in [0.15, 0.2) is 55.1 Å². The van der Waals surface area contributed by atoms with Crippen LogP contribution in [-0.4, -0.2) is 13.0 Å². The summed E-state index contributed by atoms with van der Waals surface area (Å²) in [7, 11) is 1.74. The van der Waals surface area contributed by atoms with Gasteiger partial charge in [0.2, 0.25) is 5.91 Å². The van der Waals surface area contributed by atoms with E-state index in [9.17, 15) is 4.79 Å². The quantitative estimate of drug-likeness (QED) is 0.699. The van der Waals surface area contributed by atoms with Crippen molar-refractivity contribution in [1.82, 2.24) is 0 Å². The fraction of sp³-hybridized carbons (Fsp3) is 0.0714. The smallest absolute Gasteiger partial charge is 0.250 e. The molecule has 0 aliphatic rings. The van der Waals surface area contributed by atoms with Crippen LogP contribution in [0, 0.1) is 0 Å². The maximum atomic E-state index is 11.5. The fourth-order valence-electron chi connectivity index (χ4n) is 1.65. The molecular formula is C14H13NO. The van der Waals surface area contributed by atoms with E-state index in [1.165, 1.54) is 11.5 Å². The van der Waals surface area contributed by atoms with Gasteiger partial charge in [0.25, 0.3) is 0 Å². The molecule has 0 aliphatic heterocycles. The molecule has 2 nitrogen and oxygen atoms in total. The summed E-state index contributed by atoms with van der Waals surface area (Å²) in [5.74, 6) is -0.102. The summed E-state index contributed by atoms with van der Waals surface area (Å²) in [6, 6.07) is 14.0. The zero-order valence-electron chi connectivity index (χ0n) is 9.18. The van der Waals surface area contributed by atoms with E-state index in [1.807, 2.05) is 36.4 Å². The number of fused-ring (bicyclic) bond motifs is 1. The maximum Gasteiger partial charge on any atom is 0.250 e. The number of rotatable bonds is 2. The lowest BCUT2D eigenvalue weighted by Gasteiger charge is -2.15. The lowest BCUT2D eigenvalue weighted by Crippen LogP contribution is -2.23. The number of hydrogen-bond acceptors (Lipinski definition) is 1. The van der Waals surface area contributed by atoms with Crippen molar-refractivity contribution in [1.29, 1.82) is 0 Å². The molecule has 0 N–H and O–H groups in total. The third kappa shape index (κ3) is 1.82. The number of likely N-dealkylation sites (N-methyl/N-ethyl adjacent to an activating group) is 1. The number of hydrogen-bond donors (Lipinski definition) is 0. The maximum absolute atomic E-state index is 11.5. The first-order chi connectivity index (χ1) is 7.72. The van der Waals surface area contributed by atoms with E-state index >= 15 is 0 Å². The van der Waals surface area contributed by atoms with Crippen molar-refractivity contribution in [3.8, 4) is 0 Å². The van der Waals surface area contributed by atoms with Gasteiger partial charge in [-0.1, -0.05) is 36.9 Å². The van der Waals surface area contributed by atoms with E-state index in [0.29, 0.717) is 0 Å². The predicted octanol–water partition coefficient (Wildman–Crippen LogP) is 2.99. The Kier molecular flexibility index (Phi) is 2.73. The topological polar surface area (TPSA) is 20.3 Å². The minimum Gasteiger partial charge on any atom is -0.312 e. The fourth-order valence-corrected chi connectivity index (χ4v) is 1.65. The minimum atomic E-state index is -0.102. The van der Waals surface area contributed by atoms with E-state index < -0.39 is 0 Å². The normalized spacial score (nSPS) is 10.1. The highest BCUT2D eigenvalue weighted by Crippen LogP contribution is 2.21. The summed E-state index contributed by atoms with van der Waals surface area (Å²) in [6.07, 6.45) is 1.31. The Hall–Kier alpha value is -2.09. The molecule has 0 bridgehead atoms. The van der Waals surface area contributed by atoms with E-state index in [0.717, 1.165) is 11.1 Å². The van der Waals surface area contributed by atoms with Crippen LogP contribution >= 0.6 is 0 Å². The van der Waals surface area contributed by atoms with Gasteiger partial charge in [0.05, 0.1) is 0 Å². The molecule has 16 heavy (non-hydrogen) atoms. The molecule has 1 amide bonds. The molecule has 0 aromatic heterocycles. The number of benzene rings is 2. The van der Waals surface area contributed by atoms with Crippen molar-refractivity contribution in [3.05, 3.63) is 55.1 Å². The summed E-state index contributed by atoms with van der Waals surface area (Å²) in [6.45, 7) is 3.48. The van der Waals surface area contributed by atoms with Crippen molar-refractivity contribution in [2.45, 2.75) is 0 Å². The van der Waals surface area contributed by atoms with Crippen molar-refractivity contribution in [2.75, 3.05) is 11.9 Å². The summed E-state index contributed by atoms with van der Waals surface area (Å²) in [5, 5.41) is 2.30. The van der Waals surface area contributed by atoms with Gasteiger partial charge in [-0.3, -0.25) is 4.79 Å². The molecule has 0 heterocycles. The zero-order chi connectivity index (χ0) is 11.5. The van der Waals surface area contributed by atoms with E-state index in [-0.39, 0.29) is 5.91 Å². The van der Waals surface area contributed by atoms with Crippen LogP contribution < -0.4 is 4.90 Å². The number of carbonyl (C=O) groups excluding carboxylic acids is 1. The molecule has 0 unspecified atom stereocenters. The minimum absolute atomic E-state index is 0.102. The highest BCUT2D eigenvalue weighted by molar-refractivity contribution is 6.02. The van der Waals surface area contributed by atoms with Crippen LogP contribution in [0.1, 0.15) is 0 Å². The van der Waals surface area contributed by atoms with Crippen molar-refractivity contribution >= 4 is 22.4 Å². The highest BCUT2D eigenvalue weighted by atomic mass is 16.2. The number of anilines is 1. The molecule has 0 aliphatic carbocycles. The Morgan fingerprint density at radius 3 is 2.56 bits per heavy atom. The van der Waals surface area contributed by atoms with Crippen LogP contribution in [0.2, 0.25) is 0 Å². The largest absolute Gasteiger partial charge is 0.312 e. The van der Waals surface area contributed by atoms with E-state index in [2.05, 4.69) is 12.6 Å². The van der Waals surface area contributed by atoms with Crippen LogP contribution in [-0.2, 0) is 4.79 Å². The molecule has 0 fully saturated rings. The SMILES string of the molecule is C=CC(=O)N(C)c1ccc2ccccc2c1. The van der Waals surface area contributed by atoms with Crippen LogP contribution in [0.25, 0.3) is 10.8 Å². The second-order valence-corrected chi connectivity index (χ2v) is 3.63. The summed E-state index contributed by atoms with van der Waals surface area (Å²) >= 11 is 0. The van der Waals surface area contributed by atoms with E-state index in [4.69, 9.17) is 0 Å². The first-order valence-electron chi connectivity index (χ1n) is 5.11. The van der Waals surface area contributed by atoms with Gasteiger partial charge < -0.3 is 4.90 Å². The molecule has 2 heteroatoms. The Morgan fingerprint density at radius 2 is 1.88 bits per heavy atom. The summed E-state index contributed by atoms with van der Waals surface area (Å²) in [5.41, 5.74) is 0.878. The van der Waals surface area contributed by atoms with Crippen molar-refractivity contribution < 1.29 is 4.79 Å². The predicted molar refractivity (Wildman–Crippen MR) is 67.6 cm³/mol. The zero-order valence-corrected chi connectivity index (χ0v) is 9.18. The molecule has 0 atom stereocenters. The molecule has 2 aromatic carbocycles. The van der Waals surface area contributed by atoms with Gasteiger partial charge in [-0.2, -0.15) is 0 Å². The van der Waals surface area contributed by atoms with Gasteiger partial charge >= 0.3 is 0 Å². The molecular weight excluding hydrogens is 198 g/mol. The van der Waals surface area contributed by atoms with Gasteiger partial charge in [-0.25, -0.2) is 0 Å². The lowest BCUT2D eigenvalue weighted by atomic mass is 10.1. The van der Waals surface area contributed by atoms with Crippen LogP contribution in [0.3, 0.4) is 0 Å².